The number of aromatic nitrogens is 1. The van der Waals surface area contributed by atoms with Crippen molar-refractivity contribution in [2.45, 2.75) is 59.4 Å². The number of nitrogens with zero attached hydrogens (tertiary/aromatic N) is 1. The number of hydrogen-bond donors (Lipinski definition) is 1. The Balaban J connectivity index is 2.38. The largest absolute Gasteiger partial charge is 0.312 e. The summed E-state index contributed by atoms with van der Waals surface area (Å²) in [6.45, 7) is 12.0. The van der Waals surface area contributed by atoms with Crippen LogP contribution < -0.4 is 5.32 Å². The summed E-state index contributed by atoms with van der Waals surface area (Å²) in [5.41, 5.74) is 4.07. The zero-order chi connectivity index (χ0) is 14.3. The number of rotatable bonds is 6. The monoisotopic (exact) mass is 260 g/mol. The number of pyridine rings is 1. The van der Waals surface area contributed by atoms with Crippen molar-refractivity contribution in [1.29, 1.82) is 0 Å². The van der Waals surface area contributed by atoms with Gasteiger partial charge in [-0.05, 0) is 58.7 Å². The number of aryl methyl sites for hydroxylation is 1. The highest BCUT2D eigenvalue weighted by Gasteiger charge is 2.06. The molecule has 2 nitrogen and oxygen atoms in total. The molecule has 0 saturated carbocycles. The van der Waals surface area contributed by atoms with Crippen molar-refractivity contribution in [2.75, 3.05) is 6.54 Å². The van der Waals surface area contributed by atoms with E-state index in [1.807, 2.05) is 6.20 Å². The minimum Gasteiger partial charge on any atom is -0.312 e. The fraction of sp³-hybridized carbons (Fsp3) is 0.588. The second-order valence-electron chi connectivity index (χ2n) is 6.20. The van der Waals surface area contributed by atoms with E-state index in [9.17, 15) is 0 Å². The molecule has 1 aromatic heterocycles. The van der Waals surface area contributed by atoms with E-state index in [2.05, 4.69) is 63.1 Å². The molecule has 1 rings (SSSR count). The topological polar surface area (TPSA) is 24.9 Å². The molecule has 19 heavy (non-hydrogen) atoms. The summed E-state index contributed by atoms with van der Waals surface area (Å²) < 4.78 is 0. The van der Waals surface area contributed by atoms with E-state index in [1.165, 1.54) is 11.1 Å². The van der Waals surface area contributed by atoms with Gasteiger partial charge in [-0.3, -0.25) is 4.98 Å². The van der Waals surface area contributed by atoms with E-state index in [0.29, 0.717) is 0 Å². The van der Waals surface area contributed by atoms with Crippen molar-refractivity contribution >= 4 is 0 Å². The smallest absolute Gasteiger partial charge is 0.0444 e. The molecule has 0 unspecified atom stereocenters. The first-order chi connectivity index (χ1) is 8.90. The quantitative estimate of drug-likeness (QED) is 0.619. The van der Waals surface area contributed by atoms with Crippen LogP contribution in [-0.2, 0) is 12.8 Å². The minimum atomic E-state index is 0.208. The Morgan fingerprint density at radius 1 is 1.32 bits per heavy atom. The van der Waals surface area contributed by atoms with Gasteiger partial charge >= 0.3 is 0 Å². The number of nitrogens with one attached hydrogen (secondary N) is 1. The molecule has 106 valence electrons. The van der Waals surface area contributed by atoms with Crippen LogP contribution >= 0.6 is 0 Å². The van der Waals surface area contributed by atoms with Crippen molar-refractivity contribution in [1.82, 2.24) is 10.3 Å². The fourth-order valence-electron chi connectivity index (χ4n) is 1.89. The van der Waals surface area contributed by atoms with Gasteiger partial charge in [-0.25, -0.2) is 0 Å². The van der Waals surface area contributed by atoms with Crippen molar-refractivity contribution in [3.05, 3.63) is 41.2 Å². The SMILES string of the molecule is CCc1ccc(CC(C)=CCCNC(C)(C)C)nc1. The molecule has 1 heterocycles. The average molecular weight is 260 g/mol. The van der Waals surface area contributed by atoms with Crippen molar-refractivity contribution in [2.24, 2.45) is 0 Å². The molecule has 0 atom stereocenters. The van der Waals surface area contributed by atoms with Crippen LogP contribution in [-0.4, -0.2) is 17.1 Å². The second kappa shape index (κ2) is 7.44. The van der Waals surface area contributed by atoms with E-state index < -0.39 is 0 Å². The van der Waals surface area contributed by atoms with Crippen LogP contribution in [0.4, 0.5) is 0 Å². The Kier molecular flexibility index (Phi) is 6.23. The van der Waals surface area contributed by atoms with Gasteiger partial charge in [0.25, 0.3) is 0 Å². The molecule has 0 fully saturated rings. The van der Waals surface area contributed by atoms with Gasteiger partial charge in [-0.15, -0.1) is 0 Å². The lowest BCUT2D eigenvalue weighted by molar-refractivity contribution is 0.431. The molecule has 0 saturated heterocycles. The summed E-state index contributed by atoms with van der Waals surface area (Å²) in [7, 11) is 0. The highest BCUT2D eigenvalue weighted by atomic mass is 14.9. The standard InChI is InChI=1S/C17H28N2/c1-6-15-9-10-16(18-13-15)12-14(2)8-7-11-19-17(3,4)5/h8-10,13,19H,6-7,11-12H2,1-5H3. The molecule has 0 aliphatic heterocycles. The molecule has 0 radical (unpaired) electrons. The van der Waals surface area contributed by atoms with Gasteiger partial charge < -0.3 is 5.32 Å². The van der Waals surface area contributed by atoms with Gasteiger partial charge in [0.15, 0.2) is 0 Å². The minimum absolute atomic E-state index is 0.208. The Bertz CT molecular complexity index is 396. The van der Waals surface area contributed by atoms with E-state index in [0.717, 1.165) is 31.5 Å². The van der Waals surface area contributed by atoms with Crippen LogP contribution in [0.1, 0.15) is 52.3 Å². The third-order valence-corrected chi connectivity index (χ3v) is 3.05. The van der Waals surface area contributed by atoms with Gasteiger partial charge in [0.2, 0.25) is 0 Å². The molecule has 0 bridgehead atoms. The van der Waals surface area contributed by atoms with Gasteiger partial charge in [-0.1, -0.05) is 24.6 Å². The Hall–Kier alpha value is -1.15. The molecular weight excluding hydrogens is 232 g/mol. The Labute approximate surface area is 118 Å². The Morgan fingerprint density at radius 3 is 2.58 bits per heavy atom. The predicted molar refractivity (Wildman–Crippen MR) is 83.4 cm³/mol. The summed E-state index contributed by atoms with van der Waals surface area (Å²) in [4.78, 5) is 4.50. The lowest BCUT2D eigenvalue weighted by Gasteiger charge is -2.19. The third-order valence-electron chi connectivity index (χ3n) is 3.05. The van der Waals surface area contributed by atoms with E-state index in [-0.39, 0.29) is 5.54 Å². The molecular formula is C17H28N2. The lowest BCUT2D eigenvalue weighted by atomic mass is 10.1. The highest BCUT2D eigenvalue weighted by Crippen LogP contribution is 2.08. The summed E-state index contributed by atoms with van der Waals surface area (Å²) in [5, 5.41) is 3.50. The van der Waals surface area contributed by atoms with Gasteiger partial charge in [0.05, 0.1) is 0 Å². The maximum atomic E-state index is 4.50. The molecule has 1 N–H and O–H groups in total. The summed E-state index contributed by atoms with van der Waals surface area (Å²) in [6.07, 6.45) is 7.40. The number of hydrogen-bond acceptors (Lipinski definition) is 2. The van der Waals surface area contributed by atoms with Crippen LogP contribution in [0.5, 0.6) is 0 Å². The molecule has 1 aromatic rings. The van der Waals surface area contributed by atoms with Gasteiger partial charge in [-0.2, -0.15) is 0 Å². The summed E-state index contributed by atoms with van der Waals surface area (Å²) in [6, 6.07) is 4.32. The second-order valence-corrected chi connectivity index (χ2v) is 6.20. The van der Waals surface area contributed by atoms with Crippen molar-refractivity contribution in [3.63, 3.8) is 0 Å². The maximum Gasteiger partial charge on any atom is 0.0444 e. The van der Waals surface area contributed by atoms with Crippen LogP contribution in [0.3, 0.4) is 0 Å². The van der Waals surface area contributed by atoms with Gasteiger partial charge in [0.1, 0.15) is 0 Å². The molecule has 0 aromatic carbocycles. The summed E-state index contributed by atoms with van der Waals surface area (Å²) in [5.74, 6) is 0. The highest BCUT2D eigenvalue weighted by molar-refractivity contribution is 5.18. The number of allylic oxidation sites excluding steroid dienone is 1. The van der Waals surface area contributed by atoms with Crippen molar-refractivity contribution in [3.8, 4) is 0 Å². The van der Waals surface area contributed by atoms with Gasteiger partial charge in [0, 0.05) is 23.9 Å². The van der Waals surface area contributed by atoms with Crippen molar-refractivity contribution < 1.29 is 0 Å². The normalized spacial score (nSPS) is 12.8. The van der Waals surface area contributed by atoms with E-state index >= 15 is 0 Å². The maximum absolute atomic E-state index is 4.50. The zero-order valence-electron chi connectivity index (χ0n) is 13.1. The molecule has 0 spiro atoms. The fourth-order valence-corrected chi connectivity index (χ4v) is 1.89. The zero-order valence-corrected chi connectivity index (χ0v) is 13.1. The van der Waals surface area contributed by atoms with Crippen LogP contribution in [0, 0.1) is 0 Å². The van der Waals surface area contributed by atoms with Crippen LogP contribution in [0.15, 0.2) is 30.0 Å². The third kappa shape index (κ3) is 7.12. The molecule has 2 heteroatoms. The van der Waals surface area contributed by atoms with Crippen LogP contribution in [0.2, 0.25) is 0 Å². The molecule has 0 aliphatic rings. The Morgan fingerprint density at radius 2 is 2.05 bits per heavy atom. The first-order valence-corrected chi connectivity index (χ1v) is 7.25. The lowest BCUT2D eigenvalue weighted by Crippen LogP contribution is -2.36. The first kappa shape index (κ1) is 15.9. The average Bonchev–Trinajstić information content (AvgIpc) is 2.34. The molecule has 0 amide bonds. The van der Waals surface area contributed by atoms with E-state index in [4.69, 9.17) is 0 Å². The summed E-state index contributed by atoms with van der Waals surface area (Å²) >= 11 is 0. The predicted octanol–water partition coefficient (Wildman–Crippen LogP) is 3.91. The molecule has 0 aliphatic carbocycles. The first-order valence-electron chi connectivity index (χ1n) is 7.25. The van der Waals surface area contributed by atoms with E-state index in [1.54, 1.807) is 0 Å². The van der Waals surface area contributed by atoms with Crippen LogP contribution in [0.25, 0.3) is 0 Å².